The number of hydrogen-bond donors (Lipinski definition) is 2. The Morgan fingerprint density at radius 1 is 1.20 bits per heavy atom. The second-order valence-corrected chi connectivity index (χ2v) is 6.44. The zero-order chi connectivity index (χ0) is 21.4. The molecule has 0 saturated heterocycles. The number of amides is 1. The molecule has 0 fully saturated rings. The molecular formula is C20H16FN3O6. The lowest BCUT2D eigenvalue weighted by molar-refractivity contribution is 0.0129. The molecule has 154 valence electrons. The van der Waals surface area contributed by atoms with Crippen molar-refractivity contribution in [1.82, 2.24) is 14.9 Å². The first-order chi connectivity index (χ1) is 14.4. The summed E-state index contributed by atoms with van der Waals surface area (Å²) in [5.41, 5.74) is 0.0827. The van der Waals surface area contributed by atoms with Gasteiger partial charge in [-0.1, -0.05) is 12.1 Å². The van der Waals surface area contributed by atoms with Crippen LogP contribution in [0.15, 0.2) is 36.7 Å². The Bertz CT molecular complexity index is 1150. The van der Waals surface area contributed by atoms with Crippen LogP contribution in [-0.4, -0.2) is 43.8 Å². The second kappa shape index (κ2) is 7.56. The van der Waals surface area contributed by atoms with Crippen LogP contribution in [0.3, 0.4) is 0 Å². The van der Waals surface area contributed by atoms with E-state index in [0.717, 1.165) is 4.90 Å². The lowest BCUT2D eigenvalue weighted by Gasteiger charge is -2.21. The molecule has 0 spiro atoms. The number of benzene rings is 2. The highest BCUT2D eigenvalue weighted by atomic mass is 19.1. The number of carbonyl (C=O) groups is 2. The molecule has 9 nitrogen and oxygen atoms in total. The van der Waals surface area contributed by atoms with E-state index in [4.69, 9.17) is 9.47 Å². The first-order valence-corrected chi connectivity index (χ1v) is 9.00. The van der Waals surface area contributed by atoms with Gasteiger partial charge in [0.2, 0.25) is 0 Å². The number of ether oxygens (including phenoxy) is 2. The van der Waals surface area contributed by atoms with Crippen molar-refractivity contribution in [3.05, 3.63) is 59.2 Å². The van der Waals surface area contributed by atoms with Crippen LogP contribution in [-0.2, 0) is 11.3 Å². The Morgan fingerprint density at radius 2 is 1.87 bits per heavy atom. The van der Waals surface area contributed by atoms with E-state index in [1.165, 1.54) is 36.7 Å². The number of aromatic hydroxyl groups is 1. The third-order valence-electron chi connectivity index (χ3n) is 4.63. The molecule has 0 bridgehead atoms. The fourth-order valence-corrected chi connectivity index (χ4v) is 3.31. The number of aliphatic hydroxyl groups is 1. The van der Waals surface area contributed by atoms with Crippen LogP contribution in [0.25, 0.3) is 11.0 Å². The van der Waals surface area contributed by atoms with Crippen molar-refractivity contribution < 1.29 is 33.7 Å². The van der Waals surface area contributed by atoms with Gasteiger partial charge in [-0.25, -0.2) is 19.2 Å². The van der Waals surface area contributed by atoms with E-state index < -0.39 is 29.9 Å². The Kier molecular flexibility index (Phi) is 4.92. The lowest BCUT2D eigenvalue weighted by Crippen LogP contribution is -2.27. The van der Waals surface area contributed by atoms with Crippen LogP contribution in [0, 0.1) is 5.82 Å². The van der Waals surface area contributed by atoms with Crippen molar-refractivity contribution in [1.29, 1.82) is 0 Å². The number of phenolic OH excluding ortho intramolecular Hbond substituents is 1. The monoisotopic (exact) mass is 413 g/mol. The van der Waals surface area contributed by atoms with Crippen LogP contribution in [0.5, 0.6) is 11.5 Å². The maximum absolute atomic E-state index is 13.2. The molecule has 1 amide bonds. The van der Waals surface area contributed by atoms with Crippen molar-refractivity contribution in [2.24, 2.45) is 0 Å². The molecule has 2 N–H and O–H groups in total. The smallest absolute Gasteiger partial charge is 0.505 e. The number of halogens is 1. The molecule has 1 atom stereocenters. The van der Waals surface area contributed by atoms with Gasteiger partial charge in [0.25, 0.3) is 5.91 Å². The second-order valence-electron chi connectivity index (χ2n) is 6.44. The number of aliphatic hydroxyl groups excluding tert-OH is 1. The maximum atomic E-state index is 13.2. The summed E-state index contributed by atoms with van der Waals surface area (Å²) in [6.07, 6.45) is -0.00880. The number of phenols is 1. The summed E-state index contributed by atoms with van der Waals surface area (Å²) in [5, 5.41) is 21.5. The molecule has 10 heteroatoms. The van der Waals surface area contributed by atoms with E-state index in [1.54, 1.807) is 6.92 Å². The molecule has 1 aliphatic rings. The van der Waals surface area contributed by atoms with Crippen LogP contribution < -0.4 is 4.74 Å². The number of rotatable bonds is 4. The Labute approximate surface area is 169 Å². The molecule has 1 aliphatic heterocycles. The highest BCUT2D eigenvalue weighted by Gasteiger charge is 2.43. The summed E-state index contributed by atoms with van der Waals surface area (Å²) < 4.78 is 23.2. The average molecular weight is 413 g/mol. The van der Waals surface area contributed by atoms with Gasteiger partial charge in [0, 0.05) is 18.9 Å². The molecule has 0 aliphatic carbocycles. The Morgan fingerprint density at radius 3 is 2.53 bits per heavy atom. The summed E-state index contributed by atoms with van der Waals surface area (Å²) in [4.78, 5) is 34.2. The first-order valence-electron chi connectivity index (χ1n) is 9.00. The molecule has 1 unspecified atom stereocenters. The van der Waals surface area contributed by atoms with Gasteiger partial charge in [0.05, 0.1) is 17.7 Å². The molecule has 0 saturated carbocycles. The van der Waals surface area contributed by atoms with Crippen molar-refractivity contribution in [3.8, 4) is 11.5 Å². The summed E-state index contributed by atoms with van der Waals surface area (Å²) in [5.74, 6) is -1.87. The first kappa shape index (κ1) is 19.5. The predicted octanol–water partition coefficient (Wildman–Crippen LogP) is 2.66. The molecular weight excluding hydrogens is 397 g/mol. The highest BCUT2D eigenvalue weighted by molar-refractivity contribution is 6.09. The number of nitrogens with zero attached hydrogens (tertiary/aromatic N) is 3. The lowest BCUT2D eigenvalue weighted by atomic mass is 10.0. The predicted molar refractivity (Wildman–Crippen MR) is 100 cm³/mol. The van der Waals surface area contributed by atoms with E-state index in [9.17, 15) is 24.2 Å². The van der Waals surface area contributed by atoms with Gasteiger partial charge >= 0.3 is 6.16 Å². The summed E-state index contributed by atoms with van der Waals surface area (Å²) >= 11 is 0. The average Bonchev–Trinajstić information content (AvgIpc) is 2.98. The zero-order valence-corrected chi connectivity index (χ0v) is 15.7. The normalized spacial score (nSPS) is 15.4. The van der Waals surface area contributed by atoms with Crippen LogP contribution in [0.4, 0.5) is 9.18 Å². The van der Waals surface area contributed by atoms with Gasteiger partial charge in [-0.3, -0.25) is 4.79 Å². The molecule has 4 rings (SSSR count). The minimum atomic E-state index is -1.55. The molecule has 30 heavy (non-hydrogen) atoms. The molecule has 2 aromatic carbocycles. The summed E-state index contributed by atoms with van der Waals surface area (Å²) in [6.45, 7) is 1.54. The fourth-order valence-electron chi connectivity index (χ4n) is 3.31. The molecule has 0 radical (unpaired) electrons. The van der Waals surface area contributed by atoms with Crippen LogP contribution in [0.2, 0.25) is 0 Å². The van der Waals surface area contributed by atoms with Crippen molar-refractivity contribution in [3.63, 3.8) is 0 Å². The third-order valence-corrected chi connectivity index (χ3v) is 4.63. The quantitative estimate of drug-likeness (QED) is 0.495. The third kappa shape index (κ3) is 3.16. The van der Waals surface area contributed by atoms with Gasteiger partial charge < -0.3 is 24.6 Å². The van der Waals surface area contributed by atoms with Gasteiger partial charge in [0.1, 0.15) is 16.9 Å². The highest BCUT2D eigenvalue weighted by Crippen LogP contribution is 2.47. The topological polar surface area (TPSA) is 122 Å². The number of fused-ring (bicyclic) bond motifs is 2. The van der Waals surface area contributed by atoms with Gasteiger partial charge in [-0.2, -0.15) is 0 Å². The minimum Gasteiger partial charge on any atom is -0.505 e. The van der Waals surface area contributed by atoms with Gasteiger partial charge in [0.15, 0.2) is 17.7 Å². The molecule has 1 aromatic heterocycles. The largest absolute Gasteiger partial charge is 0.513 e. The molecule has 2 heterocycles. The van der Waals surface area contributed by atoms with E-state index in [1.807, 2.05) is 0 Å². The standard InChI is InChI=1S/C20H16FN3O6/c1-2-29-20(28)30-17-13-12(16(25)14-15(17)23-8-7-22-14)18(26)24(19(13)27)9-10-3-5-11(21)6-4-10/h3-8,18,25-26H,2,9H2,1H3. The number of aromatic nitrogens is 2. The van der Waals surface area contributed by atoms with E-state index in [-0.39, 0.29) is 41.1 Å². The zero-order valence-electron chi connectivity index (χ0n) is 15.7. The number of carbonyl (C=O) groups excluding carboxylic acids is 2. The van der Waals surface area contributed by atoms with Crippen molar-refractivity contribution >= 4 is 23.1 Å². The maximum Gasteiger partial charge on any atom is 0.513 e. The van der Waals surface area contributed by atoms with Gasteiger partial charge in [-0.05, 0) is 24.6 Å². The van der Waals surface area contributed by atoms with Crippen molar-refractivity contribution in [2.75, 3.05) is 6.61 Å². The number of hydrogen-bond acceptors (Lipinski definition) is 8. The van der Waals surface area contributed by atoms with Crippen LogP contribution in [0.1, 0.15) is 34.6 Å². The fraction of sp³-hybridized carbons (Fsp3) is 0.200. The minimum absolute atomic E-state index is 0.0361. The Hall–Kier alpha value is -3.79. The van der Waals surface area contributed by atoms with Gasteiger partial charge in [-0.15, -0.1) is 0 Å². The van der Waals surface area contributed by atoms with Crippen LogP contribution >= 0.6 is 0 Å². The summed E-state index contributed by atoms with van der Waals surface area (Å²) in [7, 11) is 0. The molecule has 3 aromatic rings. The van der Waals surface area contributed by atoms with E-state index in [0.29, 0.717) is 5.56 Å². The Balaban J connectivity index is 1.84. The van der Waals surface area contributed by atoms with E-state index >= 15 is 0 Å². The van der Waals surface area contributed by atoms with E-state index in [2.05, 4.69) is 9.97 Å². The summed E-state index contributed by atoms with van der Waals surface area (Å²) in [6, 6.07) is 5.39. The van der Waals surface area contributed by atoms with Crippen molar-refractivity contribution in [2.45, 2.75) is 19.7 Å². The SMILES string of the molecule is CCOC(=O)Oc1c2c(c(O)c3nccnc13)C(O)N(Cc1ccc(F)cc1)C2=O.